The van der Waals surface area contributed by atoms with Crippen LogP contribution in [-0.4, -0.2) is 9.97 Å². The molecule has 2 N–H and O–H groups in total. The summed E-state index contributed by atoms with van der Waals surface area (Å²) in [5.41, 5.74) is 3.57. The molecular weight excluding hydrogens is 365 g/mol. The van der Waals surface area contributed by atoms with Crippen molar-refractivity contribution in [3.63, 3.8) is 0 Å². The predicted octanol–water partition coefficient (Wildman–Crippen LogP) is 5.64. The number of hydrogen-bond donors (Lipinski definition) is 2. The SMILES string of the molecule is N#Cc1ccc(Nc2nc(Nc3cccc(F)c3)cc(-c3ccccc3)n2)cc1. The van der Waals surface area contributed by atoms with Gasteiger partial charge in [-0.25, -0.2) is 9.37 Å². The molecule has 0 aliphatic carbocycles. The van der Waals surface area contributed by atoms with Crippen molar-refractivity contribution in [1.29, 1.82) is 5.26 Å². The number of nitrogens with one attached hydrogen (secondary N) is 2. The molecule has 0 amide bonds. The Kier molecular flexibility index (Phi) is 5.12. The third kappa shape index (κ3) is 4.54. The van der Waals surface area contributed by atoms with Crippen LogP contribution in [0.25, 0.3) is 11.3 Å². The lowest BCUT2D eigenvalue weighted by Crippen LogP contribution is -2.02. The van der Waals surface area contributed by atoms with Crippen molar-refractivity contribution in [2.75, 3.05) is 10.6 Å². The summed E-state index contributed by atoms with van der Waals surface area (Å²) in [7, 11) is 0. The maximum atomic E-state index is 13.5. The van der Waals surface area contributed by atoms with Gasteiger partial charge in [0, 0.05) is 23.0 Å². The highest BCUT2D eigenvalue weighted by Crippen LogP contribution is 2.25. The molecule has 0 bridgehead atoms. The summed E-state index contributed by atoms with van der Waals surface area (Å²) in [4.78, 5) is 9.10. The molecule has 4 aromatic rings. The molecule has 0 fully saturated rings. The summed E-state index contributed by atoms with van der Waals surface area (Å²) in [6, 6.07) is 26.8. The molecule has 1 heterocycles. The van der Waals surface area contributed by atoms with Crippen LogP contribution in [0.2, 0.25) is 0 Å². The molecule has 0 unspecified atom stereocenters. The van der Waals surface area contributed by atoms with E-state index in [-0.39, 0.29) is 5.82 Å². The highest BCUT2D eigenvalue weighted by Gasteiger charge is 2.08. The monoisotopic (exact) mass is 381 g/mol. The molecule has 5 nitrogen and oxygen atoms in total. The van der Waals surface area contributed by atoms with E-state index in [9.17, 15) is 4.39 Å². The number of aromatic nitrogens is 2. The molecule has 0 aliphatic heterocycles. The lowest BCUT2D eigenvalue weighted by Gasteiger charge is -2.12. The molecule has 0 atom stereocenters. The van der Waals surface area contributed by atoms with E-state index in [1.54, 1.807) is 36.4 Å². The van der Waals surface area contributed by atoms with Gasteiger partial charge in [0.15, 0.2) is 0 Å². The second-order valence-electron chi connectivity index (χ2n) is 6.28. The van der Waals surface area contributed by atoms with Gasteiger partial charge in [-0.3, -0.25) is 0 Å². The number of nitrogens with zero attached hydrogens (tertiary/aromatic N) is 3. The van der Waals surface area contributed by atoms with E-state index in [1.165, 1.54) is 12.1 Å². The molecule has 140 valence electrons. The summed E-state index contributed by atoms with van der Waals surface area (Å²) in [5, 5.41) is 15.2. The smallest absolute Gasteiger partial charge is 0.229 e. The van der Waals surface area contributed by atoms with E-state index < -0.39 is 0 Å². The van der Waals surface area contributed by atoms with Gasteiger partial charge in [-0.05, 0) is 42.5 Å². The Morgan fingerprint density at radius 3 is 2.28 bits per heavy atom. The third-order valence-corrected chi connectivity index (χ3v) is 4.16. The van der Waals surface area contributed by atoms with Crippen LogP contribution >= 0.6 is 0 Å². The average molecular weight is 381 g/mol. The van der Waals surface area contributed by atoms with Crippen LogP contribution in [0.1, 0.15) is 5.56 Å². The van der Waals surface area contributed by atoms with Gasteiger partial charge in [0.2, 0.25) is 5.95 Å². The summed E-state index contributed by atoms with van der Waals surface area (Å²) in [5.74, 6) is 0.582. The highest BCUT2D eigenvalue weighted by atomic mass is 19.1. The Labute approximate surface area is 167 Å². The number of halogens is 1. The lowest BCUT2D eigenvalue weighted by molar-refractivity contribution is 0.628. The van der Waals surface area contributed by atoms with Crippen molar-refractivity contribution in [2.45, 2.75) is 0 Å². The van der Waals surface area contributed by atoms with E-state index in [0.717, 1.165) is 16.9 Å². The van der Waals surface area contributed by atoms with Crippen molar-refractivity contribution in [3.05, 3.63) is 96.3 Å². The van der Waals surface area contributed by atoms with E-state index in [0.29, 0.717) is 23.0 Å². The van der Waals surface area contributed by atoms with Crippen molar-refractivity contribution in [3.8, 4) is 17.3 Å². The van der Waals surface area contributed by atoms with Crippen LogP contribution in [0.3, 0.4) is 0 Å². The maximum absolute atomic E-state index is 13.5. The average Bonchev–Trinajstić information content (AvgIpc) is 2.75. The Morgan fingerprint density at radius 1 is 0.759 bits per heavy atom. The van der Waals surface area contributed by atoms with Gasteiger partial charge in [-0.2, -0.15) is 10.2 Å². The van der Waals surface area contributed by atoms with Crippen molar-refractivity contribution in [2.24, 2.45) is 0 Å². The van der Waals surface area contributed by atoms with Crippen molar-refractivity contribution in [1.82, 2.24) is 9.97 Å². The predicted molar refractivity (Wildman–Crippen MR) is 112 cm³/mol. The minimum absolute atomic E-state index is 0.330. The standard InChI is InChI=1S/C23H16FN5/c24-18-7-4-8-20(13-18)26-22-14-21(17-5-2-1-3-6-17)28-23(29-22)27-19-11-9-16(15-25)10-12-19/h1-14H,(H2,26,27,28,29). The fourth-order valence-electron chi connectivity index (χ4n) is 2.80. The van der Waals surface area contributed by atoms with E-state index in [2.05, 4.69) is 26.7 Å². The minimum atomic E-state index is -0.330. The summed E-state index contributed by atoms with van der Waals surface area (Å²) in [6.45, 7) is 0. The van der Waals surface area contributed by atoms with Gasteiger partial charge in [0.05, 0.1) is 17.3 Å². The zero-order chi connectivity index (χ0) is 20.1. The Hall–Kier alpha value is -4.24. The Morgan fingerprint density at radius 2 is 1.55 bits per heavy atom. The fourth-order valence-corrected chi connectivity index (χ4v) is 2.80. The number of anilines is 4. The molecule has 1 aromatic heterocycles. The van der Waals surface area contributed by atoms with Gasteiger partial charge >= 0.3 is 0 Å². The summed E-state index contributed by atoms with van der Waals surface area (Å²) < 4.78 is 13.5. The van der Waals surface area contributed by atoms with Crippen LogP contribution < -0.4 is 10.6 Å². The second kappa shape index (κ2) is 8.19. The number of nitriles is 1. The van der Waals surface area contributed by atoms with Crippen molar-refractivity contribution >= 4 is 23.1 Å². The number of rotatable bonds is 5. The van der Waals surface area contributed by atoms with Crippen LogP contribution in [0.5, 0.6) is 0 Å². The first kappa shape index (κ1) is 18.1. The highest BCUT2D eigenvalue weighted by molar-refractivity contribution is 5.68. The van der Waals surface area contributed by atoms with Crippen LogP contribution in [0.4, 0.5) is 27.5 Å². The van der Waals surface area contributed by atoms with Gasteiger partial charge in [0.25, 0.3) is 0 Å². The third-order valence-electron chi connectivity index (χ3n) is 4.16. The van der Waals surface area contributed by atoms with Crippen LogP contribution in [-0.2, 0) is 0 Å². The second-order valence-corrected chi connectivity index (χ2v) is 6.28. The molecule has 6 heteroatoms. The Balaban J connectivity index is 1.70. The summed E-state index contributed by atoms with van der Waals surface area (Å²) >= 11 is 0. The maximum Gasteiger partial charge on any atom is 0.229 e. The first-order chi connectivity index (χ1) is 14.2. The topological polar surface area (TPSA) is 73.6 Å². The number of benzene rings is 3. The fraction of sp³-hybridized carbons (Fsp3) is 0. The molecule has 4 rings (SSSR count). The molecule has 0 aliphatic rings. The van der Waals surface area contributed by atoms with Crippen molar-refractivity contribution < 1.29 is 4.39 Å². The Bertz CT molecular complexity index is 1170. The number of hydrogen-bond acceptors (Lipinski definition) is 5. The first-order valence-electron chi connectivity index (χ1n) is 8.94. The molecule has 0 radical (unpaired) electrons. The molecule has 29 heavy (non-hydrogen) atoms. The van der Waals surface area contributed by atoms with Crippen LogP contribution in [0.15, 0.2) is 84.9 Å². The molecule has 0 spiro atoms. The van der Waals surface area contributed by atoms with E-state index in [4.69, 9.17) is 5.26 Å². The largest absolute Gasteiger partial charge is 0.340 e. The van der Waals surface area contributed by atoms with Gasteiger partial charge in [-0.1, -0.05) is 36.4 Å². The summed E-state index contributed by atoms with van der Waals surface area (Å²) in [6.07, 6.45) is 0. The molecular formula is C23H16FN5. The normalized spacial score (nSPS) is 10.2. The molecule has 0 saturated heterocycles. The van der Waals surface area contributed by atoms with Gasteiger partial charge in [0.1, 0.15) is 11.6 Å². The van der Waals surface area contributed by atoms with E-state index in [1.807, 2.05) is 36.4 Å². The first-order valence-corrected chi connectivity index (χ1v) is 8.94. The lowest BCUT2D eigenvalue weighted by atomic mass is 10.1. The quantitative estimate of drug-likeness (QED) is 0.468. The molecule has 3 aromatic carbocycles. The van der Waals surface area contributed by atoms with Gasteiger partial charge in [-0.15, -0.1) is 0 Å². The zero-order valence-corrected chi connectivity index (χ0v) is 15.3. The minimum Gasteiger partial charge on any atom is -0.340 e. The van der Waals surface area contributed by atoms with E-state index >= 15 is 0 Å². The zero-order valence-electron chi connectivity index (χ0n) is 15.3. The van der Waals surface area contributed by atoms with Crippen LogP contribution in [0, 0.1) is 17.1 Å². The molecule has 0 saturated carbocycles. The van der Waals surface area contributed by atoms with Gasteiger partial charge < -0.3 is 10.6 Å².